The molecule has 1 N–H and O–H groups in total. The zero-order chi connectivity index (χ0) is 15.4. The Morgan fingerprint density at radius 2 is 1.95 bits per heavy atom. The van der Waals surface area contributed by atoms with E-state index in [1.807, 2.05) is 12.1 Å². The molecule has 0 radical (unpaired) electrons. The summed E-state index contributed by atoms with van der Waals surface area (Å²) in [7, 11) is 3.44. The Kier molecular flexibility index (Phi) is 5.18. The Balaban J connectivity index is 1.58. The van der Waals surface area contributed by atoms with Gasteiger partial charge in [-0.1, -0.05) is 0 Å². The maximum Gasteiger partial charge on any atom is 0.123 e. The second-order valence-corrected chi connectivity index (χ2v) is 6.14. The highest BCUT2D eigenvalue weighted by Gasteiger charge is 2.26. The van der Waals surface area contributed by atoms with Gasteiger partial charge in [-0.2, -0.15) is 0 Å². The fraction of sp³-hybridized carbons (Fsp3) is 0.647. The molecule has 2 fully saturated rings. The maximum atomic E-state index is 5.49. The molecule has 3 rings (SSSR count). The lowest BCUT2D eigenvalue weighted by atomic mass is 10.1. The van der Waals surface area contributed by atoms with E-state index >= 15 is 0 Å². The smallest absolute Gasteiger partial charge is 0.123 e. The molecule has 2 saturated heterocycles. The number of hydrogen-bond donors (Lipinski definition) is 1. The van der Waals surface area contributed by atoms with Crippen LogP contribution in [-0.2, 0) is 6.54 Å². The van der Waals surface area contributed by atoms with E-state index in [1.54, 1.807) is 14.2 Å². The molecule has 2 aliphatic rings. The van der Waals surface area contributed by atoms with Gasteiger partial charge in [0.15, 0.2) is 0 Å². The van der Waals surface area contributed by atoms with Gasteiger partial charge in [0.25, 0.3) is 0 Å². The van der Waals surface area contributed by atoms with Gasteiger partial charge in [-0.25, -0.2) is 0 Å². The van der Waals surface area contributed by atoms with Crippen molar-refractivity contribution in [2.24, 2.45) is 0 Å². The van der Waals surface area contributed by atoms with E-state index in [-0.39, 0.29) is 0 Å². The minimum absolute atomic E-state index is 0.744. The van der Waals surface area contributed by atoms with E-state index in [0.717, 1.165) is 43.7 Å². The number of methoxy groups -OCH3 is 2. The molecule has 0 aliphatic carbocycles. The highest BCUT2D eigenvalue weighted by molar-refractivity contribution is 5.40. The first kappa shape index (κ1) is 15.6. The third kappa shape index (κ3) is 3.54. The molecule has 0 aromatic heterocycles. The van der Waals surface area contributed by atoms with Gasteiger partial charge in [-0.15, -0.1) is 0 Å². The fourth-order valence-corrected chi connectivity index (χ4v) is 3.48. The molecule has 5 nitrogen and oxygen atoms in total. The first-order valence-corrected chi connectivity index (χ1v) is 8.18. The van der Waals surface area contributed by atoms with Crippen LogP contribution >= 0.6 is 0 Å². The maximum absolute atomic E-state index is 5.49. The quantitative estimate of drug-likeness (QED) is 0.884. The van der Waals surface area contributed by atoms with Crippen molar-refractivity contribution in [2.75, 3.05) is 53.5 Å². The van der Waals surface area contributed by atoms with Crippen LogP contribution in [0.1, 0.15) is 12.0 Å². The predicted molar refractivity (Wildman–Crippen MR) is 87.7 cm³/mol. The molecule has 1 unspecified atom stereocenters. The predicted octanol–water partition coefficient (Wildman–Crippen LogP) is 1.18. The lowest BCUT2D eigenvalue weighted by molar-refractivity contribution is 0.0975. The molecule has 2 aliphatic heterocycles. The summed E-state index contributed by atoms with van der Waals surface area (Å²) in [6.07, 6.45) is 1.30. The zero-order valence-electron chi connectivity index (χ0n) is 13.7. The minimum atomic E-state index is 0.744. The summed E-state index contributed by atoms with van der Waals surface area (Å²) in [5.74, 6) is 1.84. The van der Waals surface area contributed by atoms with Crippen molar-refractivity contribution >= 4 is 0 Å². The van der Waals surface area contributed by atoms with Crippen LogP contribution in [0.3, 0.4) is 0 Å². The van der Waals surface area contributed by atoms with Crippen molar-refractivity contribution in [1.29, 1.82) is 0 Å². The summed E-state index contributed by atoms with van der Waals surface area (Å²) >= 11 is 0. The average Bonchev–Trinajstić information content (AvgIpc) is 3.10. The summed E-state index contributed by atoms with van der Waals surface area (Å²) in [4.78, 5) is 5.15. The lowest BCUT2D eigenvalue weighted by Gasteiger charge is -2.38. The molecule has 1 aromatic rings. The standard InChI is InChI=1S/C17H27N3O2/c1-21-16-3-4-17(22-2)14(11-16)13-19-7-9-20(10-8-19)15-5-6-18-12-15/h3-4,11,15,18H,5-10,12-13H2,1-2H3. The highest BCUT2D eigenvalue weighted by Crippen LogP contribution is 2.26. The van der Waals surface area contributed by atoms with Gasteiger partial charge in [-0.3, -0.25) is 9.80 Å². The SMILES string of the molecule is COc1ccc(OC)c(CN2CCN(C3CCNC3)CC2)c1. The molecule has 1 atom stereocenters. The van der Waals surface area contributed by atoms with E-state index in [2.05, 4.69) is 21.2 Å². The summed E-state index contributed by atoms with van der Waals surface area (Å²) in [6.45, 7) is 7.83. The van der Waals surface area contributed by atoms with Crippen LogP contribution in [0.4, 0.5) is 0 Å². The number of hydrogen-bond acceptors (Lipinski definition) is 5. The van der Waals surface area contributed by atoms with Crippen molar-refractivity contribution in [3.8, 4) is 11.5 Å². The Hall–Kier alpha value is -1.30. The Morgan fingerprint density at radius 1 is 1.14 bits per heavy atom. The molecular weight excluding hydrogens is 278 g/mol. The molecule has 122 valence electrons. The summed E-state index contributed by atoms with van der Waals surface area (Å²) in [5, 5.41) is 3.46. The van der Waals surface area contributed by atoms with Gasteiger partial charge >= 0.3 is 0 Å². The van der Waals surface area contributed by atoms with Crippen molar-refractivity contribution in [1.82, 2.24) is 15.1 Å². The van der Waals surface area contributed by atoms with Crippen LogP contribution in [0.25, 0.3) is 0 Å². The van der Waals surface area contributed by atoms with Crippen LogP contribution in [0.5, 0.6) is 11.5 Å². The third-order valence-electron chi connectivity index (χ3n) is 4.84. The molecule has 22 heavy (non-hydrogen) atoms. The largest absolute Gasteiger partial charge is 0.497 e. The monoisotopic (exact) mass is 305 g/mol. The zero-order valence-corrected chi connectivity index (χ0v) is 13.7. The fourth-order valence-electron chi connectivity index (χ4n) is 3.48. The highest BCUT2D eigenvalue weighted by atomic mass is 16.5. The van der Waals surface area contributed by atoms with Crippen LogP contribution in [0.15, 0.2) is 18.2 Å². The number of nitrogens with one attached hydrogen (secondary N) is 1. The molecule has 2 heterocycles. The molecular formula is C17H27N3O2. The van der Waals surface area contributed by atoms with Crippen molar-refractivity contribution in [3.63, 3.8) is 0 Å². The molecule has 0 spiro atoms. The number of ether oxygens (including phenoxy) is 2. The Morgan fingerprint density at radius 3 is 2.59 bits per heavy atom. The third-order valence-corrected chi connectivity index (χ3v) is 4.84. The molecule has 1 aromatic carbocycles. The van der Waals surface area contributed by atoms with Crippen LogP contribution < -0.4 is 14.8 Å². The second-order valence-electron chi connectivity index (χ2n) is 6.14. The summed E-state index contributed by atoms with van der Waals surface area (Å²) in [6, 6.07) is 6.78. The van der Waals surface area contributed by atoms with Gasteiger partial charge < -0.3 is 14.8 Å². The Bertz CT molecular complexity index is 481. The van der Waals surface area contributed by atoms with E-state index in [4.69, 9.17) is 9.47 Å². The van der Waals surface area contributed by atoms with Crippen molar-refractivity contribution in [3.05, 3.63) is 23.8 Å². The van der Waals surface area contributed by atoms with Gasteiger partial charge in [0.2, 0.25) is 0 Å². The van der Waals surface area contributed by atoms with Crippen LogP contribution in [0, 0.1) is 0 Å². The summed E-state index contributed by atoms with van der Waals surface area (Å²) < 4.78 is 10.8. The molecule has 0 saturated carbocycles. The number of nitrogens with zero attached hydrogens (tertiary/aromatic N) is 2. The Labute approximate surface area is 133 Å². The number of piperazine rings is 1. The van der Waals surface area contributed by atoms with Gasteiger partial charge in [0, 0.05) is 50.9 Å². The summed E-state index contributed by atoms with van der Waals surface area (Å²) in [5.41, 5.74) is 1.21. The lowest BCUT2D eigenvalue weighted by Crippen LogP contribution is -2.50. The van der Waals surface area contributed by atoms with Gasteiger partial charge in [0.05, 0.1) is 14.2 Å². The first-order chi connectivity index (χ1) is 10.8. The van der Waals surface area contributed by atoms with Gasteiger partial charge in [-0.05, 0) is 31.2 Å². The molecule has 0 amide bonds. The second kappa shape index (κ2) is 7.31. The average molecular weight is 305 g/mol. The van der Waals surface area contributed by atoms with Crippen molar-refractivity contribution in [2.45, 2.75) is 19.0 Å². The van der Waals surface area contributed by atoms with Crippen molar-refractivity contribution < 1.29 is 9.47 Å². The van der Waals surface area contributed by atoms with Gasteiger partial charge in [0.1, 0.15) is 11.5 Å². The topological polar surface area (TPSA) is 37.0 Å². The first-order valence-electron chi connectivity index (χ1n) is 8.18. The van der Waals surface area contributed by atoms with E-state index in [9.17, 15) is 0 Å². The number of benzene rings is 1. The number of rotatable bonds is 5. The van der Waals surface area contributed by atoms with E-state index < -0.39 is 0 Å². The normalized spacial score (nSPS) is 23.6. The minimum Gasteiger partial charge on any atom is -0.497 e. The molecule has 5 heteroatoms. The molecule has 0 bridgehead atoms. The van der Waals surface area contributed by atoms with E-state index in [0.29, 0.717) is 0 Å². The van der Waals surface area contributed by atoms with Crippen LogP contribution in [0.2, 0.25) is 0 Å². The van der Waals surface area contributed by atoms with E-state index in [1.165, 1.54) is 31.6 Å². The van der Waals surface area contributed by atoms with Crippen LogP contribution in [-0.4, -0.2) is 69.3 Å².